The van der Waals surface area contributed by atoms with Crippen LogP contribution in [0.2, 0.25) is 0 Å². The van der Waals surface area contributed by atoms with Gasteiger partial charge in [-0.1, -0.05) is 91.0 Å². The van der Waals surface area contributed by atoms with Gasteiger partial charge < -0.3 is 24.4 Å². The van der Waals surface area contributed by atoms with Crippen molar-refractivity contribution in [1.29, 1.82) is 0 Å². The molecule has 42 heavy (non-hydrogen) atoms. The number of aryl methyl sites for hydroxylation is 2. The molecule has 9 heteroatoms. The van der Waals surface area contributed by atoms with Gasteiger partial charge in [-0.3, -0.25) is 0 Å². The minimum Gasteiger partial charge on any atom is -0.461 e. The Kier molecular flexibility index (Phi) is 14.6. The van der Waals surface area contributed by atoms with Gasteiger partial charge in [-0.05, 0) is 43.7 Å². The zero-order chi connectivity index (χ0) is 30.9. The van der Waals surface area contributed by atoms with Crippen molar-refractivity contribution in [2.45, 2.75) is 43.7 Å². The Morgan fingerprint density at radius 3 is 1.86 bits per heavy atom. The molecule has 0 aromatic heterocycles. The Hall–Kier alpha value is -4.34. The number of carbonyl (C=O) groups is 3. The molecule has 0 spiro atoms. The summed E-state index contributed by atoms with van der Waals surface area (Å²) in [6.07, 6.45) is 1.84. The van der Waals surface area contributed by atoms with Crippen molar-refractivity contribution in [2.24, 2.45) is 0 Å². The van der Waals surface area contributed by atoms with Crippen LogP contribution in [0.3, 0.4) is 0 Å². The van der Waals surface area contributed by atoms with Gasteiger partial charge in [-0.2, -0.15) is 0 Å². The van der Waals surface area contributed by atoms with Crippen LogP contribution in [-0.2, 0) is 20.8 Å². The highest BCUT2D eigenvalue weighted by Gasteiger charge is 2.38. The summed E-state index contributed by atoms with van der Waals surface area (Å²) in [5, 5.41) is 17.8. The fourth-order valence-corrected chi connectivity index (χ4v) is 4.70. The number of aliphatic hydroxyl groups excluding tert-OH is 1. The normalized spacial score (nSPS) is 16.8. The lowest BCUT2D eigenvalue weighted by atomic mass is 10.1. The van der Waals surface area contributed by atoms with E-state index < -0.39 is 29.6 Å². The summed E-state index contributed by atoms with van der Waals surface area (Å²) < 4.78 is 15.3. The van der Waals surface area contributed by atoms with Crippen LogP contribution in [0, 0.1) is 13.8 Å². The number of esters is 2. The fourth-order valence-electron chi connectivity index (χ4n) is 3.51. The van der Waals surface area contributed by atoms with Gasteiger partial charge in [-0.25, -0.2) is 14.4 Å². The number of hydrogen-bond acceptors (Lipinski definition) is 8. The summed E-state index contributed by atoms with van der Waals surface area (Å²) in [4.78, 5) is 34.5. The SMILES string of the molecule is C=CC=C.Cc1ccc(C(=O)OC[C@@H]2SC(O)C[C@H]2OC(=O)c2ccc(C)cc2)cc1.O=C(O)OCc1ccccc1. The molecule has 1 aliphatic heterocycles. The zero-order valence-corrected chi connectivity index (χ0v) is 24.5. The number of aliphatic hydroxyl groups is 1. The summed E-state index contributed by atoms with van der Waals surface area (Å²) in [6.45, 7) is 10.8. The van der Waals surface area contributed by atoms with Crippen molar-refractivity contribution in [2.75, 3.05) is 6.61 Å². The first-order valence-corrected chi connectivity index (χ1v) is 14.0. The molecule has 1 fully saturated rings. The average molecular weight is 593 g/mol. The van der Waals surface area contributed by atoms with Crippen molar-refractivity contribution < 1.29 is 38.8 Å². The fraction of sp³-hybridized carbons (Fsp3) is 0.242. The molecule has 1 heterocycles. The largest absolute Gasteiger partial charge is 0.506 e. The van der Waals surface area contributed by atoms with Crippen LogP contribution in [0.25, 0.3) is 0 Å². The van der Waals surface area contributed by atoms with E-state index in [4.69, 9.17) is 14.6 Å². The van der Waals surface area contributed by atoms with Crippen LogP contribution in [0.5, 0.6) is 0 Å². The molecule has 3 aromatic carbocycles. The summed E-state index contributed by atoms with van der Waals surface area (Å²) in [6, 6.07) is 23.4. The zero-order valence-electron chi connectivity index (χ0n) is 23.7. The number of hydrogen-bond donors (Lipinski definition) is 2. The second kappa shape index (κ2) is 18.2. The lowest BCUT2D eigenvalue weighted by molar-refractivity contribution is 0.0178. The van der Waals surface area contributed by atoms with Gasteiger partial charge >= 0.3 is 18.1 Å². The molecule has 3 atom stereocenters. The molecule has 1 saturated heterocycles. The monoisotopic (exact) mass is 592 g/mol. The Bertz CT molecular complexity index is 1280. The standard InChI is InChI=1S/C21H22O5S.C8H8O3.C4H6/c1-13-3-7-15(8-4-13)20(23)25-12-18-17(11-19(22)27-18)26-21(24)16-9-5-14(2)6-10-16;9-8(10)11-6-7-4-2-1-3-5-7;1-3-4-2/h3-10,17-19,22H,11-12H2,1-2H3;1-5H,6H2,(H,9,10);3-4H,1-2H2/t17-,18+,19?;;/m1../s1. The highest BCUT2D eigenvalue weighted by atomic mass is 32.2. The maximum atomic E-state index is 12.3. The van der Waals surface area contributed by atoms with E-state index in [9.17, 15) is 19.5 Å². The van der Waals surface area contributed by atoms with Gasteiger partial charge in [0.05, 0.1) is 16.4 Å². The highest BCUT2D eigenvalue weighted by molar-refractivity contribution is 8.00. The van der Waals surface area contributed by atoms with Crippen LogP contribution in [0.1, 0.15) is 43.8 Å². The van der Waals surface area contributed by atoms with E-state index in [-0.39, 0.29) is 18.5 Å². The first kappa shape index (κ1) is 33.9. The van der Waals surface area contributed by atoms with Crippen LogP contribution >= 0.6 is 11.8 Å². The molecule has 1 aliphatic rings. The third-order valence-corrected chi connectivity index (χ3v) is 7.06. The first-order chi connectivity index (χ1) is 20.1. The number of ether oxygens (including phenoxy) is 3. The maximum absolute atomic E-state index is 12.3. The van der Waals surface area contributed by atoms with Crippen molar-refractivity contribution in [1.82, 2.24) is 0 Å². The molecule has 0 aliphatic carbocycles. The number of carbonyl (C=O) groups excluding carboxylic acids is 2. The van der Waals surface area contributed by atoms with E-state index in [1.807, 2.05) is 68.4 Å². The number of allylic oxidation sites excluding steroid dienone is 2. The van der Waals surface area contributed by atoms with Crippen LogP contribution in [-0.4, -0.2) is 51.7 Å². The number of benzene rings is 3. The molecular weight excluding hydrogens is 556 g/mol. The van der Waals surface area contributed by atoms with E-state index >= 15 is 0 Å². The summed E-state index contributed by atoms with van der Waals surface area (Å²) >= 11 is 1.25. The second-order valence-electron chi connectivity index (χ2n) is 9.15. The lowest BCUT2D eigenvalue weighted by Gasteiger charge is -2.19. The molecule has 0 radical (unpaired) electrons. The van der Waals surface area contributed by atoms with Crippen molar-refractivity contribution in [3.05, 3.63) is 132 Å². The predicted octanol–water partition coefficient (Wildman–Crippen LogP) is 6.75. The molecule has 8 nitrogen and oxygen atoms in total. The smallest absolute Gasteiger partial charge is 0.461 e. The number of thioether (sulfide) groups is 1. The Labute approximate surface area is 250 Å². The molecule has 2 N–H and O–H groups in total. The Balaban J connectivity index is 0.000000339. The van der Waals surface area contributed by atoms with Crippen molar-refractivity contribution >= 4 is 29.9 Å². The van der Waals surface area contributed by atoms with E-state index in [1.54, 1.807) is 36.4 Å². The Morgan fingerprint density at radius 2 is 1.36 bits per heavy atom. The quantitative estimate of drug-likeness (QED) is 0.166. The van der Waals surface area contributed by atoms with Gasteiger partial charge in [0.25, 0.3) is 0 Å². The van der Waals surface area contributed by atoms with Gasteiger partial charge in [0, 0.05) is 6.42 Å². The lowest BCUT2D eigenvalue weighted by Crippen LogP contribution is -2.29. The summed E-state index contributed by atoms with van der Waals surface area (Å²) in [5.41, 5.74) is 3.25. The Morgan fingerprint density at radius 1 is 0.833 bits per heavy atom. The second-order valence-corrected chi connectivity index (χ2v) is 10.6. The molecule has 222 valence electrons. The van der Waals surface area contributed by atoms with Gasteiger partial charge in [0.1, 0.15) is 24.8 Å². The first-order valence-electron chi connectivity index (χ1n) is 13.1. The minimum absolute atomic E-state index is 0.0697. The average Bonchev–Trinajstić information content (AvgIpc) is 3.34. The van der Waals surface area contributed by atoms with Crippen molar-refractivity contribution in [3.8, 4) is 0 Å². The van der Waals surface area contributed by atoms with E-state index in [0.29, 0.717) is 17.5 Å². The number of carboxylic acid groups (broad SMARTS) is 1. The predicted molar refractivity (Wildman–Crippen MR) is 163 cm³/mol. The molecule has 4 rings (SSSR count). The number of rotatable bonds is 8. The minimum atomic E-state index is -1.24. The highest BCUT2D eigenvalue weighted by Crippen LogP contribution is 2.35. The summed E-state index contributed by atoms with van der Waals surface area (Å²) in [5.74, 6) is -0.870. The topological polar surface area (TPSA) is 119 Å². The molecule has 1 unspecified atom stereocenters. The summed E-state index contributed by atoms with van der Waals surface area (Å²) in [7, 11) is 0. The van der Waals surface area contributed by atoms with Crippen LogP contribution < -0.4 is 0 Å². The van der Waals surface area contributed by atoms with Crippen LogP contribution in [0.15, 0.2) is 104 Å². The van der Waals surface area contributed by atoms with E-state index in [2.05, 4.69) is 17.9 Å². The van der Waals surface area contributed by atoms with Gasteiger partial charge in [0.15, 0.2) is 0 Å². The van der Waals surface area contributed by atoms with Crippen LogP contribution in [0.4, 0.5) is 4.79 Å². The third-order valence-electron chi connectivity index (χ3n) is 5.76. The molecule has 0 saturated carbocycles. The van der Waals surface area contributed by atoms with E-state index in [1.165, 1.54) is 11.8 Å². The van der Waals surface area contributed by atoms with Gasteiger partial charge in [-0.15, -0.1) is 11.8 Å². The van der Waals surface area contributed by atoms with Gasteiger partial charge in [0.2, 0.25) is 0 Å². The third kappa shape index (κ3) is 12.4. The molecular formula is C33H36O8S. The molecule has 0 bridgehead atoms. The maximum Gasteiger partial charge on any atom is 0.506 e. The molecule has 0 amide bonds. The molecule has 3 aromatic rings. The van der Waals surface area contributed by atoms with E-state index in [0.717, 1.165) is 16.7 Å². The van der Waals surface area contributed by atoms with Crippen molar-refractivity contribution in [3.63, 3.8) is 0 Å².